The van der Waals surface area contributed by atoms with Crippen LogP contribution in [-0.2, 0) is 4.79 Å². The Morgan fingerprint density at radius 3 is 2.74 bits per heavy atom. The summed E-state index contributed by atoms with van der Waals surface area (Å²) in [6, 6.07) is 7.22. The van der Waals surface area contributed by atoms with Gasteiger partial charge in [0.15, 0.2) is 0 Å². The van der Waals surface area contributed by atoms with Crippen molar-refractivity contribution in [2.45, 2.75) is 33.2 Å². The maximum atomic E-state index is 11.9. The lowest BCUT2D eigenvalue weighted by molar-refractivity contribution is -0.121. The predicted octanol–water partition coefficient (Wildman–Crippen LogP) is 2.63. The van der Waals surface area contributed by atoms with Crippen LogP contribution in [0.25, 0.3) is 0 Å². The first kappa shape index (κ1) is 15.1. The van der Waals surface area contributed by atoms with Crippen LogP contribution in [0.5, 0.6) is 0 Å². The number of anilines is 1. The second-order valence-corrected chi connectivity index (χ2v) is 5.06. The van der Waals surface area contributed by atoms with Crippen molar-refractivity contribution in [1.29, 1.82) is 0 Å². The van der Waals surface area contributed by atoms with Crippen LogP contribution < -0.4 is 10.6 Å². The van der Waals surface area contributed by atoms with Crippen LogP contribution in [0.1, 0.15) is 32.8 Å². The topological polar surface area (TPSA) is 41.1 Å². The molecule has 0 saturated carbocycles. The van der Waals surface area contributed by atoms with Crippen LogP contribution in [0, 0.1) is 18.3 Å². The van der Waals surface area contributed by atoms with Gasteiger partial charge in [0.25, 0.3) is 0 Å². The summed E-state index contributed by atoms with van der Waals surface area (Å²) >= 11 is 0. The third-order valence-corrected chi connectivity index (χ3v) is 2.83. The molecule has 3 heteroatoms. The highest BCUT2D eigenvalue weighted by Gasteiger charge is 2.11. The average molecular weight is 258 g/mol. The summed E-state index contributed by atoms with van der Waals surface area (Å²) in [6.45, 7) is 6.83. The quantitative estimate of drug-likeness (QED) is 0.770. The summed E-state index contributed by atoms with van der Waals surface area (Å²) in [5.74, 6) is 3.18. The lowest BCUT2D eigenvalue weighted by Gasteiger charge is -2.16. The van der Waals surface area contributed by atoms with Crippen LogP contribution in [0.3, 0.4) is 0 Å². The van der Waals surface area contributed by atoms with Crippen LogP contribution in [0.15, 0.2) is 24.3 Å². The Kier molecular flexibility index (Phi) is 5.95. The van der Waals surface area contributed by atoms with E-state index < -0.39 is 0 Å². The van der Waals surface area contributed by atoms with Gasteiger partial charge in [0.05, 0.1) is 0 Å². The molecule has 1 rings (SSSR count). The van der Waals surface area contributed by atoms with Gasteiger partial charge in [-0.15, -0.1) is 6.42 Å². The van der Waals surface area contributed by atoms with Crippen molar-refractivity contribution in [1.82, 2.24) is 5.32 Å². The molecule has 0 fully saturated rings. The minimum atomic E-state index is -0.278. The smallest absolute Gasteiger partial charge is 0.242 e. The fraction of sp³-hybridized carbons (Fsp3) is 0.438. The summed E-state index contributed by atoms with van der Waals surface area (Å²) in [7, 11) is 0. The van der Waals surface area contributed by atoms with E-state index in [1.807, 2.05) is 31.2 Å². The summed E-state index contributed by atoms with van der Waals surface area (Å²) in [5.41, 5.74) is 1.67. The van der Waals surface area contributed by atoms with Crippen molar-refractivity contribution in [2.24, 2.45) is 5.92 Å². The lowest BCUT2D eigenvalue weighted by Crippen LogP contribution is -2.38. The molecule has 1 unspecified atom stereocenters. The van der Waals surface area contributed by atoms with Gasteiger partial charge < -0.3 is 10.6 Å². The van der Waals surface area contributed by atoms with Gasteiger partial charge in [-0.25, -0.2) is 0 Å². The molecule has 1 amide bonds. The van der Waals surface area contributed by atoms with E-state index in [0.29, 0.717) is 12.5 Å². The van der Waals surface area contributed by atoms with Gasteiger partial charge in [0.2, 0.25) is 5.91 Å². The maximum absolute atomic E-state index is 11.9. The van der Waals surface area contributed by atoms with E-state index in [-0.39, 0.29) is 11.9 Å². The fourth-order valence-corrected chi connectivity index (χ4v) is 1.65. The third kappa shape index (κ3) is 5.48. The lowest BCUT2D eigenvalue weighted by atomic mass is 10.1. The Balaban J connectivity index is 2.47. The van der Waals surface area contributed by atoms with Crippen LogP contribution in [0.4, 0.5) is 5.69 Å². The van der Waals surface area contributed by atoms with Crippen molar-refractivity contribution < 1.29 is 4.79 Å². The van der Waals surface area contributed by atoms with E-state index in [9.17, 15) is 4.79 Å². The van der Waals surface area contributed by atoms with Gasteiger partial charge >= 0.3 is 0 Å². The highest BCUT2D eigenvalue weighted by Crippen LogP contribution is 2.11. The van der Waals surface area contributed by atoms with Crippen LogP contribution >= 0.6 is 0 Å². The molecular weight excluding hydrogens is 236 g/mol. The number of benzene rings is 1. The minimum Gasteiger partial charge on any atom is -0.374 e. The molecule has 102 valence electrons. The minimum absolute atomic E-state index is 0.00626. The molecule has 0 spiro atoms. The highest BCUT2D eigenvalue weighted by molar-refractivity contribution is 5.84. The number of hydrogen-bond donors (Lipinski definition) is 2. The monoisotopic (exact) mass is 258 g/mol. The second kappa shape index (κ2) is 7.48. The van der Waals surface area contributed by atoms with Crippen molar-refractivity contribution in [3.05, 3.63) is 29.8 Å². The van der Waals surface area contributed by atoms with Crippen molar-refractivity contribution in [3.63, 3.8) is 0 Å². The Morgan fingerprint density at radius 2 is 2.11 bits per heavy atom. The molecule has 0 aliphatic rings. The van der Waals surface area contributed by atoms with Crippen molar-refractivity contribution in [2.75, 3.05) is 11.9 Å². The molecular formula is C16H22N2O. The molecule has 0 aliphatic carbocycles. The molecule has 0 bridgehead atoms. The zero-order valence-corrected chi connectivity index (χ0v) is 11.9. The normalized spacial score (nSPS) is 11.7. The first-order valence-electron chi connectivity index (χ1n) is 6.64. The van der Waals surface area contributed by atoms with Gasteiger partial charge in [-0.3, -0.25) is 4.79 Å². The van der Waals surface area contributed by atoms with Gasteiger partial charge in [-0.2, -0.15) is 0 Å². The Hall–Kier alpha value is -1.95. The molecule has 0 aromatic heterocycles. The van der Waals surface area contributed by atoms with E-state index >= 15 is 0 Å². The number of terminal acetylenes is 1. The van der Waals surface area contributed by atoms with Gasteiger partial charge in [-0.05, 0) is 37.5 Å². The molecule has 1 atom stereocenters. The zero-order chi connectivity index (χ0) is 14.3. The predicted molar refractivity (Wildman–Crippen MR) is 79.9 cm³/mol. The van der Waals surface area contributed by atoms with Crippen molar-refractivity contribution in [3.8, 4) is 12.3 Å². The molecule has 0 aliphatic heterocycles. The van der Waals surface area contributed by atoms with Gasteiger partial charge in [0, 0.05) is 17.8 Å². The maximum Gasteiger partial charge on any atom is 0.242 e. The molecule has 0 radical (unpaired) electrons. The zero-order valence-electron chi connectivity index (χ0n) is 11.9. The molecule has 0 heterocycles. The molecule has 0 saturated heterocycles. The Morgan fingerprint density at radius 1 is 1.37 bits per heavy atom. The van der Waals surface area contributed by atoms with E-state index in [1.165, 1.54) is 0 Å². The van der Waals surface area contributed by atoms with Gasteiger partial charge in [0.1, 0.15) is 6.04 Å². The fourth-order valence-electron chi connectivity index (χ4n) is 1.65. The molecule has 1 aromatic rings. The third-order valence-electron chi connectivity index (χ3n) is 2.83. The van der Waals surface area contributed by atoms with Crippen LogP contribution in [-0.4, -0.2) is 18.5 Å². The first-order chi connectivity index (χ1) is 9.02. The van der Waals surface area contributed by atoms with E-state index in [2.05, 4.69) is 30.4 Å². The van der Waals surface area contributed by atoms with E-state index in [4.69, 9.17) is 6.42 Å². The number of carbonyl (C=O) groups excluding carboxylic acids is 1. The van der Waals surface area contributed by atoms with Gasteiger partial charge in [-0.1, -0.05) is 25.8 Å². The SMILES string of the molecule is C#Cc1cccc(NC(C)C(=O)NCCC(C)C)c1. The van der Waals surface area contributed by atoms with Crippen LogP contribution in [0.2, 0.25) is 0 Å². The molecule has 19 heavy (non-hydrogen) atoms. The number of carbonyl (C=O) groups is 1. The average Bonchev–Trinajstić information content (AvgIpc) is 2.38. The number of nitrogens with one attached hydrogen (secondary N) is 2. The van der Waals surface area contributed by atoms with Crippen molar-refractivity contribution >= 4 is 11.6 Å². The highest BCUT2D eigenvalue weighted by atomic mass is 16.2. The largest absolute Gasteiger partial charge is 0.374 e. The summed E-state index contributed by atoms with van der Waals surface area (Å²) in [4.78, 5) is 11.9. The molecule has 3 nitrogen and oxygen atoms in total. The van der Waals surface area contributed by atoms with E-state index in [0.717, 1.165) is 17.7 Å². The Labute approximate surface area is 115 Å². The molecule has 2 N–H and O–H groups in total. The summed E-state index contributed by atoms with van der Waals surface area (Å²) in [6.07, 6.45) is 6.34. The van der Waals surface area contributed by atoms with E-state index in [1.54, 1.807) is 0 Å². The molecule has 1 aromatic carbocycles. The standard InChI is InChI=1S/C16H22N2O/c1-5-14-7-6-8-15(11-14)18-13(4)16(19)17-10-9-12(2)3/h1,6-8,11-13,18H,9-10H2,2-4H3,(H,17,19). The number of amides is 1. The summed E-state index contributed by atoms with van der Waals surface area (Å²) in [5, 5.41) is 6.07. The summed E-state index contributed by atoms with van der Waals surface area (Å²) < 4.78 is 0. The second-order valence-electron chi connectivity index (χ2n) is 5.06. The first-order valence-corrected chi connectivity index (χ1v) is 6.64. The number of rotatable bonds is 6. The Bertz CT molecular complexity index is 460. The number of hydrogen-bond acceptors (Lipinski definition) is 2.